The SMILES string of the molecule is CC(C)CCN(C)CCC(=O)Nc1ccc(C#N)cc1. The highest BCUT2D eigenvalue weighted by molar-refractivity contribution is 5.90. The van der Waals surface area contributed by atoms with Crippen molar-refractivity contribution < 1.29 is 4.79 Å². The van der Waals surface area contributed by atoms with E-state index < -0.39 is 0 Å². The molecule has 0 radical (unpaired) electrons. The van der Waals surface area contributed by atoms with Gasteiger partial charge in [-0.3, -0.25) is 4.79 Å². The van der Waals surface area contributed by atoms with E-state index in [1.165, 1.54) is 0 Å². The highest BCUT2D eigenvalue weighted by Crippen LogP contribution is 2.09. The first kappa shape index (κ1) is 16.2. The molecule has 20 heavy (non-hydrogen) atoms. The standard InChI is InChI=1S/C16H23N3O/c1-13(2)8-10-19(3)11-9-16(20)18-15-6-4-14(12-17)5-7-15/h4-7,13H,8-11H2,1-3H3,(H,18,20). The van der Waals surface area contributed by atoms with Crippen LogP contribution in [0.2, 0.25) is 0 Å². The molecule has 1 amide bonds. The summed E-state index contributed by atoms with van der Waals surface area (Å²) in [7, 11) is 2.04. The van der Waals surface area contributed by atoms with Crippen LogP contribution in [0.3, 0.4) is 0 Å². The summed E-state index contributed by atoms with van der Waals surface area (Å²) in [6, 6.07) is 8.95. The van der Waals surface area contributed by atoms with Crippen LogP contribution in [0.25, 0.3) is 0 Å². The zero-order chi connectivity index (χ0) is 15.0. The molecule has 0 atom stereocenters. The lowest BCUT2D eigenvalue weighted by Crippen LogP contribution is -2.25. The molecule has 0 aliphatic rings. The number of hydrogen-bond acceptors (Lipinski definition) is 3. The Morgan fingerprint density at radius 3 is 2.50 bits per heavy atom. The molecule has 1 aromatic carbocycles. The Morgan fingerprint density at radius 1 is 1.30 bits per heavy atom. The summed E-state index contributed by atoms with van der Waals surface area (Å²) in [6.07, 6.45) is 1.63. The van der Waals surface area contributed by atoms with E-state index in [1.54, 1.807) is 24.3 Å². The Labute approximate surface area is 121 Å². The molecule has 0 aliphatic carbocycles. The lowest BCUT2D eigenvalue weighted by atomic mass is 10.1. The average molecular weight is 273 g/mol. The molecule has 1 aromatic rings. The number of benzene rings is 1. The first-order chi connectivity index (χ1) is 9.51. The number of nitriles is 1. The molecule has 1 N–H and O–H groups in total. The Bertz CT molecular complexity index is 460. The van der Waals surface area contributed by atoms with Crippen molar-refractivity contribution in [2.45, 2.75) is 26.7 Å². The van der Waals surface area contributed by atoms with Gasteiger partial charge in [0, 0.05) is 18.7 Å². The van der Waals surface area contributed by atoms with Gasteiger partial charge in [-0.15, -0.1) is 0 Å². The third-order valence-electron chi connectivity index (χ3n) is 3.11. The van der Waals surface area contributed by atoms with Crippen molar-refractivity contribution in [3.63, 3.8) is 0 Å². The summed E-state index contributed by atoms with van der Waals surface area (Å²) in [5.41, 5.74) is 1.33. The third kappa shape index (κ3) is 6.35. The quantitative estimate of drug-likeness (QED) is 0.831. The fourth-order valence-corrected chi connectivity index (χ4v) is 1.73. The van der Waals surface area contributed by atoms with Crippen molar-refractivity contribution in [3.05, 3.63) is 29.8 Å². The normalized spacial score (nSPS) is 10.6. The third-order valence-corrected chi connectivity index (χ3v) is 3.11. The lowest BCUT2D eigenvalue weighted by Gasteiger charge is -2.17. The molecule has 0 heterocycles. The van der Waals surface area contributed by atoms with Crippen molar-refractivity contribution in [2.24, 2.45) is 5.92 Å². The Kier molecular flexibility index (Phi) is 6.75. The van der Waals surface area contributed by atoms with Crippen LogP contribution in [0.4, 0.5) is 5.69 Å². The molecule has 0 aliphatic heterocycles. The van der Waals surface area contributed by atoms with E-state index in [-0.39, 0.29) is 5.91 Å². The second-order valence-electron chi connectivity index (χ2n) is 5.47. The molecule has 0 spiro atoms. The van der Waals surface area contributed by atoms with Crippen molar-refractivity contribution >= 4 is 11.6 Å². The van der Waals surface area contributed by atoms with Crippen LogP contribution in [0.15, 0.2) is 24.3 Å². The number of hydrogen-bond donors (Lipinski definition) is 1. The molecule has 0 saturated carbocycles. The fraction of sp³-hybridized carbons (Fsp3) is 0.500. The number of nitrogens with one attached hydrogen (secondary N) is 1. The average Bonchev–Trinajstić information content (AvgIpc) is 2.43. The molecule has 0 unspecified atom stereocenters. The fourth-order valence-electron chi connectivity index (χ4n) is 1.73. The van der Waals surface area contributed by atoms with Crippen LogP contribution in [0.1, 0.15) is 32.3 Å². The predicted octanol–water partition coefficient (Wildman–Crippen LogP) is 2.86. The topological polar surface area (TPSA) is 56.1 Å². The molecule has 0 bridgehead atoms. The van der Waals surface area contributed by atoms with Crippen molar-refractivity contribution in [1.82, 2.24) is 4.90 Å². The smallest absolute Gasteiger partial charge is 0.225 e. The van der Waals surface area contributed by atoms with Crippen LogP contribution < -0.4 is 5.32 Å². The van der Waals surface area contributed by atoms with Gasteiger partial charge in [-0.05, 0) is 50.2 Å². The summed E-state index contributed by atoms with van der Waals surface area (Å²) in [5, 5.41) is 11.5. The number of carbonyl (C=O) groups is 1. The highest BCUT2D eigenvalue weighted by Gasteiger charge is 2.06. The van der Waals surface area contributed by atoms with Gasteiger partial charge in [-0.25, -0.2) is 0 Å². The first-order valence-electron chi connectivity index (χ1n) is 7.00. The minimum absolute atomic E-state index is 0.00565. The number of nitrogens with zero attached hydrogens (tertiary/aromatic N) is 2. The second-order valence-corrected chi connectivity index (χ2v) is 5.47. The summed E-state index contributed by atoms with van der Waals surface area (Å²) >= 11 is 0. The number of anilines is 1. The second kappa shape index (κ2) is 8.34. The highest BCUT2D eigenvalue weighted by atomic mass is 16.1. The van der Waals surface area contributed by atoms with Gasteiger partial charge in [-0.1, -0.05) is 13.8 Å². The van der Waals surface area contributed by atoms with E-state index in [0.717, 1.165) is 25.2 Å². The molecule has 0 saturated heterocycles. The predicted molar refractivity (Wildman–Crippen MR) is 81.4 cm³/mol. The molecule has 0 aromatic heterocycles. The molecule has 4 heteroatoms. The summed E-state index contributed by atoms with van der Waals surface area (Å²) in [6.45, 7) is 6.17. The number of amides is 1. The molecular weight excluding hydrogens is 250 g/mol. The van der Waals surface area contributed by atoms with Crippen LogP contribution >= 0.6 is 0 Å². The Hall–Kier alpha value is -1.86. The molecule has 108 valence electrons. The van der Waals surface area contributed by atoms with Gasteiger partial charge in [0.05, 0.1) is 11.6 Å². The van der Waals surface area contributed by atoms with E-state index in [0.29, 0.717) is 17.9 Å². The van der Waals surface area contributed by atoms with Gasteiger partial charge >= 0.3 is 0 Å². The first-order valence-corrected chi connectivity index (χ1v) is 7.00. The van der Waals surface area contributed by atoms with E-state index in [9.17, 15) is 4.79 Å². The molecule has 1 rings (SSSR count). The summed E-state index contributed by atoms with van der Waals surface area (Å²) < 4.78 is 0. The van der Waals surface area contributed by atoms with Crippen molar-refractivity contribution in [3.8, 4) is 6.07 Å². The van der Waals surface area contributed by atoms with Crippen molar-refractivity contribution in [1.29, 1.82) is 5.26 Å². The van der Waals surface area contributed by atoms with Crippen LogP contribution in [-0.4, -0.2) is 30.9 Å². The van der Waals surface area contributed by atoms with Gasteiger partial charge < -0.3 is 10.2 Å². The lowest BCUT2D eigenvalue weighted by molar-refractivity contribution is -0.116. The van der Waals surface area contributed by atoms with E-state index in [1.807, 2.05) is 7.05 Å². The molecule has 0 fully saturated rings. The van der Waals surface area contributed by atoms with Crippen molar-refractivity contribution in [2.75, 3.05) is 25.5 Å². The van der Waals surface area contributed by atoms with Gasteiger partial charge in [0.1, 0.15) is 0 Å². The van der Waals surface area contributed by atoms with Gasteiger partial charge in [-0.2, -0.15) is 5.26 Å². The van der Waals surface area contributed by atoms with E-state index in [2.05, 4.69) is 30.1 Å². The molecular formula is C16H23N3O. The monoisotopic (exact) mass is 273 g/mol. The minimum atomic E-state index is 0.00565. The van der Waals surface area contributed by atoms with Crippen LogP contribution in [-0.2, 0) is 4.79 Å². The van der Waals surface area contributed by atoms with Gasteiger partial charge in [0.2, 0.25) is 5.91 Å². The summed E-state index contributed by atoms with van der Waals surface area (Å²) in [4.78, 5) is 14.0. The Balaban J connectivity index is 2.31. The summed E-state index contributed by atoms with van der Waals surface area (Å²) in [5.74, 6) is 0.691. The van der Waals surface area contributed by atoms with Gasteiger partial charge in [0.25, 0.3) is 0 Å². The zero-order valence-electron chi connectivity index (χ0n) is 12.5. The minimum Gasteiger partial charge on any atom is -0.326 e. The maximum absolute atomic E-state index is 11.8. The zero-order valence-corrected chi connectivity index (χ0v) is 12.5. The van der Waals surface area contributed by atoms with Crippen LogP contribution in [0, 0.1) is 17.2 Å². The van der Waals surface area contributed by atoms with Crippen LogP contribution in [0.5, 0.6) is 0 Å². The molecule has 4 nitrogen and oxygen atoms in total. The largest absolute Gasteiger partial charge is 0.326 e. The maximum Gasteiger partial charge on any atom is 0.225 e. The van der Waals surface area contributed by atoms with Gasteiger partial charge in [0.15, 0.2) is 0 Å². The van der Waals surface area contributed by atoms with E-state index in [4.69, 9.17) is 5.26 Å². The van der Waals surface area contributed by atoms with E-state index >= 15 is 0 Å². The maximum atomic E-state index is 11.8. The number of rotatable bonds is 7. The number of carbonyl (C=O) groups excluding carboxylic acids is 1. The Morgan fingerprint density at radius 2 is 1.95 bits per heavy atom.